The fraction of sp³-hybridized carbons (Fsp3) is 0.429. The van der Waals surface area contributed by atoms with Crippen LogP contribution in [0.2, 0.25) is 0 Å². The molecule has 0 radical (unpaired) electrons. The summed E-state index contributed by atoms with van der Waals surface area (Å²) in [6.45, 7) is 4.32. The average molecular weight is 262 g/mol. The van der Waals surface area contributed by atoms with E-state index >= 15 is 0 Å². The Morgan fingerprint density at radius 1 is 1.39 bits per heavy atom. The number of hydrogen-bond acceptors (Lipinski definition) is 2. The van der Waals surface area contributed by atoms with Gasteiger partial charge in [0.15, 0.2) is 0 Å². The number of nitriles is 1. The summed E-state index contributed by atoms with van der Waals surface area (Å²) in [7, 11) is 0. The van der Waals surface area contributed by atoms with Crippen molar-refractivity contribution in [2.45, 2.75) is 38.6 Å². The van der Waals surface area contributed by atoms with Gasteiger partial charge in [-0.2, -0.15) is 5.26 Å². The van der Waals surface area contributed by atoms with Crippen LogP contribution in [0.1, 0.15) is 44.1 Å². The second-order valence-electron chi connectivity index (χ2n) is 4.32. The fourth-order valence-electron chi connectivity index (χ4n) is 2.37. The van der Waals surface area contributed by atoms with Gasteiger partial charge in [-0.05, 0) is 31.0 Å². The van der Waals surface area contributed by atoms with E-state index in [0.717, 1.165) is 29.7 Å². The zero-order valence-corrected chi connectivity index (χ0v) is 11.4. The lowest BCUT2D eigenvalue weighted by Gasteiger charge is -2.18. The minimum Gasteiger partial charge on any atom is -0.324 e. The van der Waals surface area contributed by atoms with Gasteiger partial charge in [-0.1, -0.05) is 13.8 Å². The molecule has 4 heteroatoms. The largest absolute Gasteiger partial charge is 0.324 e. The normalized spacial score (nSPS) is 11.1. The molecule has 0 atom stereocenters. The van der Waals surface area contributed by atoms with Crippen LogP contribution in [0.5, 0.6) is 0 Å². The number of aromatic nitrogens is 2. The van der Waals surface area contributed by atoms with Crippen molar-refractivity contribution in [1.29, 1.82) is 5.26 Å². The van der Waals surface area contributed by atoms with E-state index in [-0.39, 0.29) is 0 Å². The Kier molecular flexibility index (Phi) is 3.88. The highest BCUT2D eigenvalue weighted by atomic mass is 35.5. The number of hydrogen-bond donors (Lipinski definition) is 0. The van der Waals surface area contributed by atoms with Gasteiger partial charge in [0.05, 0.1) is 28.5 Å². The number of alkyl halides is 1. The van der Waals surface area contributed by atoms with Gasteiger partial charge < -0.3 is 4.57 Å². The third kappa shape index (κ3) is 2.09. The maximum Gasteiger partial charge on any atom is 0.125 e. The predicted molar refractivity (Wildman–Crippen MR) is 73.6 cm³/mol. The summed E-state index contributed by atoms with van der Waals surface area (Å²) in [4.78, 5) is 4.54. The van der Waals surface area contributed by atoms with Crippen molar-refractivity contribution in [3.63, 3.8) is 0 Å². The van der Waals surface area contributed by atoms with Crippen LogP contribution in [-0.4, -0.2) is 9.55 Å². The van der Waals surface area contributed by atoms with Crippen LogP contribution in [0.25, 0.3) is 11.0 Å². The highest BCUT2D eigenvalue weighted by Crippen LogP contribution is 2.27. The topological polar surface area (TPSA) is 41.6 Å². The molecule has 0 spiro atoms. The molecule has 0 aliphatic carbocycles. The highest BCUT2D eigenvalue weighted by molar-refractivity contribution is 6.16. The average Bonchev–Trinajstić information content (AvgIpc) is 2.78. The Balaban J connectivity index is 2.70. The monoisotopic (exact) mass is 261 g/mol. The van der Waals surface area contributed by atoms with E-state index in [9.17, 15) is 0 Å². The zero-order valence-electron chi connectivity index (χ0n) is 10.7. The Hall–Kier alpha value is -1.53. The number of benzene rings is 1. The van der Waals surface area contributed by atoms with Crippen LogP contribution < -0.4 is 0 Å². The molecule has 94 valence electrons. The summed E-state index contributed by atoms with van der Waals surface area (Å²) in [5, 5.41) is 9.00. The van der Waals surface area contributed by atoms with Crippen molar-refractivity contribution in [3.8, 4) is 6.07 Å². The fourth-order valence-corrected chi connectivity index (χ4v) is 2.56. The molecule has 0 unspecified atom stereocenters. The van der Waals surface area contributed by atoms with E-state index in [1.54, 1.807) is 6.07 Å². The molecule has 1 aromatic carbocycles. The Labute approximate surface area is 112 Å². The summed E-state index contributed by atoms with van der Waals surface area (Å²) < 4.78 is 2.18. The molecule has 18 heavy (non-hydrogen) atoms. The van der Waals surface area contributed by atoms with Gasteiger partial charge in [0, 0.05) is 6.04 Å². The molecule has 0 saturated heterocycles. The molecular formula is C14H16ClN3. The maximum absolute atomic E-state index is 9.00. The molecule has 3 nitrogen and oxygen atoms in total. The van der Waals surface area contributed by atoms with Gasteiger partial charge in [-0.3, -0.25) is 0 Å². The summed E-state index contributed by atoms with van der Waals surface area (Å²) in [5.74, 6) is 1.28. The zero-order chi connectivity index (χ0) is 13.1. The number of nitrogens with zero attached hydrogens (tertiary/aromatic N) is 3. The molecule has 0 N–H and O–H groups in total. The predicted octanol–water partition coefficient (Wildman–Crippen LogP) is 4.01. The van der Waals surface area contributed by atoms with Crippen LogP contribution in [0.4, 0.5) is 0 Å². The first-order valence-electron chi connectivity index (χ1n) is 6.22. The van der Waals surface area contributed by atoms with E-state index in [1.807, 2.05) is 12.1 Å². The molecule has 2 rings (SSSR count). The van der Waals surface area contributed by atoms with Crippen LogP contribution in [0.3, 0.4) is 0 Å². The first-order chi connectivity index (χ1) is 8.74. The third-order valence-corrected chi connectivity index (χ3v) is 3.56. The lowest BCUT2D eigenvalue weighted by molar-refractivity contribution is 0.472. The smallest absolute Gasteiger partial charge is 0.125 e. The molecule has 2 aromatic rings. The Morgan fingerprint density at radius 2 is 2.11 bits per heavy atom. The number of imidazole rings is 1. The number of fused-ring (bicyclic) bond motifs is 1. The van der Waals surface area contributed by atoms with Gasteiger partial charge in [0.2, 0.25) is 0 Å². The summed E-state index contributed by atoms with van der Waals surface area (Å²) >= 11 is 5.99. The van der Waals surface area contributed by atoms with Gasteiger partial charge in [0.1, 0.15) is 5.82 Å². The number of rotatable bonds is 4. The second-order valence-corrected chi connectivity index (χ2v) is 4.58. The van der Waals surface area contributed by atoms with Crippen LogP contribution in [0.15, 0.2) is 18.2 Å². The van der Waals surface area contributed by atoms with Gasteiger partial charge in [-0.25, -0.2) is 4.98 Å². The van der Waals surface area contributed by atoms with Crippen molar-refractivity contribution in [2.75, 3.05) is 0 Å². The minimum atomic E-state index is 0.387. The summed E-state index contributed by atoms with van der Waals surface area (Å²) in [5.41, 5.74) is 2.59. The Morgan fingerprint density at radius 3 is 2.67 bits per heavy atom. The van der Waals surface area contributed by atoms with Crippen molar-refractivity contribution in [1.82, 2.24) is 9.55 Å². The molecule has 1 aromatic heterocycles. The standard InChI is InChI=1S/C14H16ClN3/c1-3-11(4-2)18-13-7-10(9-16)5-6-12(13)17-14(18)8-15/h5-7,11H,3-4,8H2,1-2H3. The van der Waals surface area contributed by atoms with E-state index in [0.29, 0.717) is 17.5 Å². The van der Waals surface area contributed by atoms with Gasteiger partial charge in [0.25, 0.3) is 0 Å². The van der Waals surface area contributed by atoms with Crippen molar-refractivity contribution >= 4 is 22.6 Å². The van der Waals surface area contributed by atoms with Crippen LogP contribution in [-0.2, 0) is 5.88 Å². The van der Waals surface area contributed by atoms with Gasteiger partial charge in [-0.15, -0.1) is 11.6 Å². The summed E-state index contributed by atoms with van der Waals surface area (Å²) in [6, 6.07) is 8.15. The number of halogens is 1. The lowest BCUT2D eigenvalue weighted by atomic mass is 10.1. The molecule has 0 aliphatic rings. The van der Waals surface area contributed by atoms with Crippen LogP contribution >= 0.6 is 11.6 Å². The molecule has 0 bridgehead atoms. The lowest BCUT2D eigenvalue weighted by Crippen LogP contribution is -2.10. The van der Waals surface area contributed by atoms with Crippen molar-refractivity contribution in [3.05, 3.63) is 29.6 Å². The third-order valence-electron chi connectivity index (χ3n) is 3.32. The first-order valence-corrected chi connectivity index (χ1v) is 6.75. The molecule has 0 fully saturated rings. The van der Waals surface area contributed by atoms with E-state index in [2.05, 4.69) is 29.5 Å². The maximum atomic E-state index is 9.00. The van der Waals surface area contributed by atoms with Crippen molar-refractivity contribution in [2.24, 2.45) is 0 Å². The van der Waals surface area contributed by atoms with E-state index < -0.39 is 0 Å². The SMILES string of the molecule is CCC(CC)n1c(CCl)nc2ccc(C#N)cc21. The Bertz CT molecular complexity index is 591. The molecule has 0 amide bonds. The molecule has 0 aliphatic heterocycles. The van der Waals surface area contributed by atoms with E-state index in [1.165, 1.54) is 0 Å². The molecule has 1 heterocycles. The quantitative estimate of drug-likeness (QED) is 0.781. The minimum absolute atomic E-state index is 0.387. The highest BCUT2D eigenvalue weighted by Gasteiger charge is 2.16. The molecular weight excluding hydrogens is 246 g/mol. The van der Waals surface area contributed by atoms with Gasteiger partial charge >= 0.3 is 0 Å². The summed E-state index contributed by atoms with van der Waals surface area (Å²) in [6.07, 6.45) is 2.06. The van der Waals surface area contributed by atoms with E-state index in [4.69, 9.17) is 16.9 Å². The van der Waals surface area contributed by atoms with Crippen LogP contribution in [0, 0.1) is 11.3 Å². The molecule has 0 saturated carbocycles. The first kappa shape index (κ1) is 12.9. The van der Waals surface area contributed by atoms with Crippen molar-refractivity contribution < 1.29 is 0 Å². The second kappa shape index (κ2) is 5.41.